The number of carbonyl (C=O) groups is 2. The first-order valence-corrected chi connectivity index (χ1v) is 10.1. The number of hydrogen-bond donors (Lipinski definition) is 1. The number of carboxylic acid groups (broad SMARTS) is 1. The summed E-state index contributed by atoms with van der Waals surface area (Å²) in [5, 5.41) is 10.1. The molecule has 0 heterocycles. The molecule has 3 aromatic carbocycles. The molecule has 1 amide bonds. The van der Waals surface area contributed by atoms with E-state index < -0.39 is 12.1 Å². The van der Waals surface area contributed by atoms with E-state index in [2.05, 4.69) is 12.1 Å². The van der Waals surface area contributed by atoms with Gasteiger partial charge in [-0.05, 0) is 46.0 Å². The van der Waals surface area contributed by atoms with Crippen molar-refractivity contribution in [2.75, 3.05) is 13.7 Å². The van der Waals surface area contributed by atoms with Crippen molar-refractivity contribution in [3.05, 3.63) is 100 Å². The summed E-state index contributed by atoms with van der Waals surface area (Å²) >= 11 is 5.97. The molecular formula is C25H20ClNO4. The van der Waals surface area contributed by atoms with Crippen molar-refractivity contribution in [1.82, 2.24) is 4.90 Å². The van der Waals surface area contributed by atoms with Gasteiger partial charge in [-0.3, -0.25) is 4.90 Å². The van der Waals surface area contributed by atoms with E-state index in [1.165, 1.54) is 13.1 Å². The molecule has 1 N–H and O–H groups in total. The second-order valence-corrected chi connectivity index (χ2v) is 7.69. The number of rotatable bonds is 5. The summed E-state index contributed by atoms with van der Waals surface area (Å²) in [7, 11) is 1.38. The Kier molecular flexibility index (Phi) is 5.78. The maximum absolute atomic E-state index is 12.7. The molecule has 5 nitrogen and oxygen atoms in total. The van der Waals surface area contributed by atoms with Crippen molar-refractivity contribution in [2.45, 2.75) is 5.92 Å². The second-order valence-electron chi connectivity index (χ2n) is 7.25. The average molecular weight is 434 g/mol. The topological polar surface area (TPSA) is 66.8 Å². The number of ether oxygens (including phenoxy) is 1. The molecule has 0 spiro atoms. The van der Waals surface area contributed by atoms with E-state index in [-0.39, 0.29) is 18.2 Å². The Morgan fingerprint density at radius 1 is 1.00 bits per heavy atom. The Balaban J connectivity index is 1.53. The van der Waals surface area contributed by atoms with Crippen LogP contribution in [0.5, 0.6) is 0 Å². The standard InChI is InChI=1S/C25H20ClNO4/c1-27(23(24(28)29)14-16-7-6-8-17(26)13-16)25(30)31-15-22-20-11-4-2-9-18(20)19-10-3-5-12-21(19)22/h2-14,22H,15H2,1H3,(H,28,29)/b23-14+. The summed E-state index contributed by atoms with van der Waals surface area (Å²) in [6.07, 6.45) is 0.646. The normalized spacial score (nSPS) is 12.8. The minimum absolute atomic E-state index is 0.102. The molecule has 0 unspecified atom stereocenters. The van der Waals surface area contributed by atoms with Crippen molar-refractivity contribution < 1.29 is 19.4 Å². The average Bonchev–Trinajstić information content (AvgIpc) is 3.09. The van der Waals surface area contributed by atoms with Crippen LogP contribution in [-0.4, -0.2) is 35.7 Å². The summed E-state index contributed by atoms with van der Waals surface area (Å²) in [5.41, 5.74) is 4.79. The van der Waals surface area contributed by atoms with Gasteiger partial charge in [-0.1, -0.05) is 72.3 Å². The van der Waals surface area contributed by atoms with Gasteiger partial charge in [0.1, 0.15) is 12.3 Å². The third-order valence-electron chi connectivity index (χ3n) is 5.34. The van der Waals surface area contributed by atoms with Crippen LogP contribution in [0.1, 0.15) is 22.6 Å². The molecular weight excluding hydrogens is 414 g/mol. The fraction of sp³-hybridized carbons (Fsp3) is 0.120. The highest BCUT2D eigenvalue weighted by Crippen LogP contribution is 2.44. The molecule has 31 heavy (non-hydrogen) atoms. The summed E-state index contributed by atoms with van der Waals surface area (Å²) in [6.45, 7) is 0.112. The van der Waals surface area contributed by atoms with E-state index >= 15 is 0 Å². The maximum atomic E-state index is 12.7. The van der Waals surface area contributed by atoms with Crippen molar-refractivity contribution in [2.24, 2.45) is 0 Å². The van der Waals surface area contributed by atoms with Gasteiger partial charge in [0.25, 0.3) is 0 Å². The molecule has 0 aromatic heterocycles. The number of carboxylic acids is 1. The number of fused-ring (bicyclic) bond motifs is 3. The molecule has 4 rings (SSSR count). The Morgan fingerprint density at radius 3 is 2.19 bits per heavy atom. The quantitative estimate of drug-likeness (QED) is 0.528. The number of likely N-dealkylation sites (N-methyl/N-ethyl adjacent to an activating group) is 1. The first kappa shape index (κ1) is 20.7. The van der Waals surface area contributed by atoms with Gasteiger partial charge in [0.2, 0.25) is 0 Å². The molecule has 0 saturated heterocycles. The van der Waals surface area contributed by atoms with Gasteiger partial charge in [-0.15, -0.1) is 0 Å². The van der Waals surface area contributed by atoms with E-state index in [0.29, 0.717) is 10.6 Å². The van der Waals surface area contributed by atoms with Gasteiger partial charge in [0.15, 0.2) is 0 Å². The monoisotopic (exact) mass is 433 g/mol. The lowest BCUT2D eigenvalue weighted by atomic mass is 9.98. The fourth-order valence-corrected chi connectivity index (χ4v) is 4.04. The third kappa shape index (κ3) is 4.18. The summed E-state index contributed by atoms with van der Waals surface area (Å²) in [4.78, 5) is 25.5. The van der Waals surface area contributed by atoms with Gasteiger partial charge in [-0.2, -0.15) is 0 Å². The van der Waals surface area contributed by atoms with Gasteiger partial charge >= 0.3 is 12.1 Å². The van der Waals surface area contributed by atoms with Crippen molar-refractivity contribution in [1.29, 1.82) is 0 Å². The summed E-state index contributed by atoms with van der Waals surface area (Å²) < 4.78 is 5.55. The zero-order valence-electron chi connectivity index (χ0n) is 16.8. The minimum Gasteiger partial charge on any atom is -0.477 e. The number of hydrogen-bond acceptors (Lipinski definition) is 3. The fourth-order valence-electron chi connectivity index (χ4n) is 3.85. The van der Waals surface area contributed by atoms with Gasteiger partial charge < -0.3 is 9.84 Å². The Bertz CT molecular complexity index is 1140. The Labute approximate surface area is 185 Å². The molecule has 1 aliphatic rings. The summed E-state index contributed by atoms with van der Waals surface area (Å²) in [6, 6.07) is 22.8. The van der Waals surface area contributed by atoms with Crippen LogP contribution in [0.2, 0.25) is 5.02 Å². The SMILES string of the molecule is CN(C(=O)OCC1c2ccccc2-c2ccccc21)/C(=C/c1cccc(Cl)c1)C(=O)O. The second kappa shape index (κ2) is 8.66. The molecule has 0 aliphatic heterocycles. The van der Waals surface area contributed by atoms with Crippen molar-refractivity contribution >= 4 is 29.7 Å². The van der Waals surface area contributed by atoms with E-state index in [1.54, 1.807) is 24.3 Å². The zero-order valence-corrected chi connectivity index (χ0v) is 17.5. The lowest BCUT2D eigenvalue weighted by Crippen LogP contribution is -2.31. The summed E-state index contributed by atoms with van der Waals surface area (Å²) in [5.74, 6) is -1.34. The Morgan fingerprint density at radius 2 is 1.61 bits per heavy atom. The molecule has 3 aromatic rings. The molecule has 6 heteroatoms. The molecule has 1 aliphatic carbocycles. The molecule has 0 atom stereocenters. The van der Waals surface area contributed by atoms with Gasteiger partial charge in [-0.25, -0.2) is 9.59 Å². The van der Waals surface area contributed by atoms with Gasteiger partial charge in [0.05, 0.1) is 0 Å². The predicted octanol–water partition coefficient (Wildman–Crippen LogP) is 5.65. The van der Waals surface area contributed by atoms with Crippen LogP contribution in [-0.2, 0) is 9.53 Å². The molecule has 0 saturated carbocycles. The van der Waals surface area contributed by atoms with Crippen LogP contribution >= 0.6 is 11.6 Å². The van der Waals surface area contributed by atoms with Crippen LogP contribution in [0.15, 0.2) is 78.5 Å². The van der Waals surface area contributed by atoms with E-state index in [4.69, 9.17) is 16.3 Å². The smallest absolute Gasteiger partial charge is 0.414 e. The molecule has 0 bridgehead atoms. The lowest BCUT2D eigenvalue weighted by molar-refractivity contribution is -0.134. The zero-order chi connectivity index (χ0) is 22.0. The number of halogens is 1. The first-order chi connectivity index (χ1) is 15.0. The number of benzene rings is 3. The number of amides is 1. The molecule has 156 valence electrons. The van der Waals surface area contributed by atoms with E-state index in [9.17, 15) is 14.7 Å². The van der Waals surface area contributed by atoms with E-state index in [0.717, 1.165) is 27.2 Å². The highest BCUT2D eigenvalue weighted by Gasteiger charge is 2.30. The van der Waals surface area contributed by atoms with Gasteiger partial charge in [0, 0.05) is 18.0 Å². The predicted molar refractivity (Wildman–Crippen MR) is 120 cm³/mol. The van der Waals surface area contributed by atoms with Crippen molar-refractivity contribution in [3.8, 4) is 11.1 Å². The number of aliphatic carboxylic acids is 1. The van der Waals surface area contributed by atoms with Crippen molar-refractivity contribution in [3.63, 3.8) is 0 Å². The highest BCUT2D eigenvalue weighted by molar-refractivity contribution is 6.30. The Hall–Kier alpha value is -3.57. The lowest BCUT2D eigenvalue weighted by Gasteiger charge is -2.20. The van der Waals surface area contributed by atoms with Crippen LogP contribution in [0.25, 0.3) is 17.2 Å². The minimum atomic E-state index is -1.24. The number of nitrogens with zero attached hydrogens (tertiary/aromatic N) is 1. The number of carbonyl (C=O) groups excluding carboxylic acids is 1. The van der Waals surface area contributed by atoms with Crippen LogP contribution in [0.4, 0.5) is 4.79 Å². The largest absolute Gasteiger partial charge is 0.477 e. The maximum Gasteiger partial charge on any atom is 0.414 e. The van der Waals surface area contributed by atoms with E-state index in [1.807, 2.05) is 36.4 Å². The third-order valence-corrected chi connectivity index (χ3v) is 5.58. The van der Waals surface area contributed by atoms with Crippen LogP contribution < -0.4 is 0 Å². The van der Waals surface area contributed by atoms with Crippen LogP contribution in [0, 0.1) is 0 Å². The molecule has 0 radical (unpaired) electrons. The first-order valence-electron chi connectivity index (χ1n) is 9.75. The van der Waals surface area contributed by atoms with Crippen LogP contribution in [0.3, 0.4) is 0 Å². The highest BCUT2D eigenvalue weighted by atomic mass is 35.5. The molecule has 0 fully saturated rings.